The van der Waals surface area contributed by atoms with Gasteiger partial charge >= 0.3 is 0 Å². The highest BCUT2D eigenvalue weighted by Crippen LogP contribution is 2.43. The SMILES string of the molecule is CC(C)CC(C(=O)Nc1ccc(Cl)cc1)N1C(=O)c2ccccc2C1c1cn(C)c2ccccc12. The minimum Gasteiger partial charge on any atom is -0.350 e. The molecule has 0 radical (unpaired) electrons. The zero-order chi connectivity index (χ0) is 24.7. The van der Waals surface area contributed by atoms with Gasteiger partial charge in [0.15, 0.2) is 0 Å². The van der Waals surface area contributed by atoms with Gasteiger partial charge in [-0.05, 0) is 54.3 Å². The van der Waals surface area contributed by atoms with Crippen LogP contribution in [0.2, 0.25) is 5.02 Å². The Labute approximate surface area is 210 Å². The molecule has 0 saturated carbocycles. The lowest BCUT2D eigenvalue weighted by Crippen LogP contribution is -2.47. The van der Waals surface area contributed by atoms with E-state index in [-0.39, 0.29) is 23.8 Å². The molecule has 2 atom stereocenters. The summed E-state index contributed by atoms with van der Waals surface area (Å²) in [5, 5.41) is 4.70. The average Bonchev–Trinajstić information content (AvgIpc) is 3.33. The number of nitrogens with one attached hydrogen (secondary N) is 1. The number of anilines is 1. The Balaban J connectivity index is 1.62. The highest BCUT2D eigenvalue weighted by atomic mass is 35.5. The smallest absolute Gasteiger partial charge is 0.255 e. The zero-order valence-corrected chi connectivity index (χ0v) is 20.8. The number of hydrogen-bond acceptors (Lipinski definition) is 2. The lowest BCUT2D eigenvalue weighted by molar-refractivity contribution is -0.121. The Hall–Kier alpha value is -3.57. The number of amides is 2. The van der Waals surface area contributed by atoms with Crippen molar-refractivity contribution in [2.75, 3.05) is 5.32 Å². The van der Waals surface area contributed by atoms with E-state index in [1.54, 1.807) is 29.2 Å². The first-order valence-electron chi connectivity index (χ1n) is 11.9. The van der Waals surface area contributed by atoms with Crippen LogP contribution in [0.1, 0.15) is 47.8 Å². The van der Waals surface area contributed by atoms with Gasteiger partial charge in [0.1, 0.15) is 6.04 Å². The van der Waals surface area contributed by atoms with Crippen molar-refractivity contribution in [3.63, 3.8) is 0 Å². The number of aromatic nitrogens is 1. The van der Waals surface area contributed by atoms with Crippen molar-refractivity contribution >= 4 is 40.0 Å². The Morgan fingerprint density at radius 2 is 1.66 bits per heavy atom. The second-order valence-corrected chi connectivity index (χ2v) is 9.99. The van der Waals surface area contributed by atoms with Crippen LogP contribution >= 0.6 is 11.6 Å². The largest absolute Gasteiger partial charge is 0.350 e. The van der Waals surface area contributed by atoms with Gasteiger partial charge in [-0.2, -0.15) is 0 Å². The van der Waals surface area contributed by atoms with Gasteiger partial charge < -0.3 is 14.8 Å². The molecule has 5 nitrogen and oxygen atoms in total. The molecule has 35 heavy (non-hydrogen) atoms. The standard InChI is InChI=1S/C29H28ClN3O2/c1-18(2)16-26(28(34)31-20-14-12-19(30)13-15-20)33-27(22-9-4-5-10-23(22)29(33)35)24-17-32(3)25-11-7-6-8-21(24)25/h4-15,17-18,26-27H,16H2,1-3H3,(H,31,34). The van der Waals surface area contributed by atoms with E-state index in [1.165, 1.54) is 0 Å². The molecule has 0 bridgehead atoms. The number of para-hydroxylation sites is 1. The van der Waals surface area contributed by atoms with Crippen LogP contribution in [0.15, 0.2) is 79.0 Å². The highest BCUT2D eigenvalue weighted by molar-refractivity contribution is 6.30. The number of carbonyl (C=O) groups is 2. The van der Waals surface area contributed by atoms with E-state index in [0.29, 0.717) is 22.7 Å². The summed E-state index contributed by atoms with van der Waals surface area (Å²) in [6.07, 6.45) is 2.63. The van der Waals surface area contributed by atoms with Crippen LogP contribution in [0.4, 0.5) is 5.69 Å². The third kappa shape index (κ3) is 4.21. The van der Waals surface area contributed by atoms with Gasteiger partial charge in [-0.15, -0.1) is 0 Å². The van der Waals surface area contributed by atoms with Gasteiger partial charge in [-0.3, -0.25) is 9.59 Å². The van der Waals surface area contributed by atoms with Gasteiger partial charge in [0, 0.05) is 46.0 Å². The molecule has 178 valence electrons. The van der Waals surface area contributed by atoms with Gasteiger partial charge in [-0.25, -0.2) is 0 Å². The average molecular weight is 486 g/mol. The first kappa shape index (κ1) is 23.2. The molecule has 6 heteroatoms. The Bertz CT molecular complexity index is 1410. The molecular weight excluding hydrogens is 458 g/mol. The number of hydrogen-bond donors (Lipinski definition) is 1. The predicted molar refractivity (Wildman–Crippen MR) is 141 cm³/mol. The molecule has 1 N–H and O–H groups in total. The summed E-state index contributed by atoms with van der Waals surface area (Å²) in [7, 11) is 2.01. The van der Waals surface area contributed by atoms with Gasteiger partial charge in [0.2, 0.25) is 5.91 Å². The Kier molecular flexibility index (Phi) is 6.12. The van der Waals surface area contributed by atoms with E-state index >= 15 is 0 Å². The molecule has 2 heterocycles. The van der Waals surface area contributed by atoms with Gasteiger partial charge in [-0.1, -0.05) is 61.8 Å². The number of halogens is 1. The Morgan fingerprint density at radius 1 is 0.971 bits per heavy atom. The number of carbonyl (C=O) groups excluding carboxylic acids is 2. The molecule has 1 aliphatic rings. The fourth-order valence-corrected chi connectivity index (χ4v) is 5.24. The molecule has 0 aliphatic carbocycles. The summed E-state index contributed by atoms with van der Waals surface area (Å²) >= 11 is 6.02. The van der Waals surface area contributed by atoms with Crippen molar-refractivity contribution in [1.82, 2.24) is 9.47 Å². The fraction of sp³-hybridized carbons (Fsp3) is 0.241. The molecule has 0 spiro atoms. The van der Waals surface area contributed by atoms with Gasteiger partial charge in [0.05, 0.1) is 6.04 Å². The topological polar surface area (TPSA) is 54.3 Å². The van der Waals surface area contributed by atoms with E-state index in [4.69, 9.17) is 11.6 Å². The monoisotopic (exact) mass is 485 g/mol. The summed E-state index contributed by atoms with van der Waals surface area (Å²) < 4.78 is 2.08. The zero-order valence-electron chi connectivity index (χ0n) is 20.0. The summed E-state index contributed by atoms with van der Waals surface area (Å²) in [5.41, 5.74) is 4.35. The quantitative estimate of drug-likeness (QED) is 0.342. The first-order valence-corrected chi connectivity index (χ1v) is 12.2. The predicted octanol–water partition coefficient (Wildman–Crippen LogP) is 6.43. The van der Waals surface area contributed by atoms with E-state index in [9.17, 15) is 9.59 Å². The van der Waals surface area contributed by atoms with E-state index in [2.05, 4.69) is 42.1 Å². The normalized spacial score (nSPS) is 16.1. The minimum absolute atomic E-state index is 0.115. The van der Waals surface area contributed by atoms with Crippen LogP contribution in [0.3, 0.4) is 0 Å². The van der Waals surface area contributed by atoms with E-state index in [0.717, 1.165) is 22.0 Å². The molecule has 0 fully saturated rings. The number of aryl methyl sites for hydroxylation is 1. The molecule has 3 aromatic carbocycles. The lowest BCUT2D eigenvalue weighted by Gasteiger charge is -2.34. The van der Waals surface area contributed by atoms with Crippen molar-refractivity contribution < 1.29 is 9.59 Å². The van der Waals surface area contributed by atoms with Crippen molar-refractivity contribution in [1.29, 1.82) is 0 Å². The summed E-state index contributed by atoms with van der Waals surface area (Å²) in [6, 6.07) is 21.9. The maximum Gasteiger partial charge on any atom is 0.255 e. The molecule has 0 saturated heterocycles. The number of rotatable bonds is 6. The summed E-state index contributed by atoms with van der Waals surface area (Å²) in [5.74, 6) is -0.108. The first-order chi connectivity index (χ1) is 16.8. The van der Waals surface area contributed by atoms with Crippen molar-refractivity contribution in [2.45, 2.75) is 32.4 Å². The van der Waals surface area contributed by atoms with Crippen LogP contribution in [0.25, 0.3) is 10.9 Å². The molecule has 1 aromatic heterocycles. The molecule has 2 amide bonds. The second-order valence-electron chi connectivity index (χ2n) is 9.56. The van der Waals surface area contributed by atoms with E-state index in [1.807, 2.05) is 43.4 Å². The molecule has 5 rings (SSSR count). The maximum absolute atomic E-state index is 13.9. The van der Waals surface area contributed by atoms with E-state index < -0.39 is 6.04 Å². The molecular formula is C29H28ClN3O2. The van der Waals surface area contributed by atoms with Crippen LogP contribution in [-0.4, -0.2) is 27.3 Å². The fourth-order valence-electron chi connectivity index (χ4n) is 5.12. The number of fused-ring (bicyclic) bond motifs is 2. The van der Waals surface area contributed by atoms with Crippen LogP contribution in [-0.2, 0) is 11.8 Å². The van der Waals surface area contributed by atoms with Crippen molar-refractivity contribution in [3.05, 3.63) is 101 Å². The second kappa shape index (κ2) is 9.23. The molecule has 4 aromatic rings. The van der Waals surface area contributed by atoms with Crippen LogP contribution in [0, 0.1) is 5.92 Å². The number of benzene rings is 3. The van der Waals surface area contributed by atoms with Crippen molar-refractivity contribution in [3.8, 4) is 0 Å². The van der Waals surface area contributed by atoms with Crippen molar-refractivity contribution in [2.24, 2.45) is 13.0 Å². The molecule has 2 unspecified atom stereocenters. The summed E-state index contributed by atoms with van der Waals surface area (Å²) in [4.78, 5) is 29.4. The molecule has 1 aliphatic heterocycles. The lowest BCUT2D eigenvalue weighted by atomic mass is 9.95. The third-order valence-electron chi connectivity index (χ3n) is 6.67. The number of nitrogens with zero attached hydrogens (tertiary/aromatic N) is 2. The highest BCUT2D eigenvalue weighted by Gasteiger charge is 2.44. The summed E-state index contributed by atoms with van der Waals surface area (Å²) in [6.45, 7) is 4.15. The maximum atomic E-state index is 13.9. The minimum atomic E-state index is -0.644. The van der Waals surface area contributed by atoms with Crippen LogP contribution in [0.5, 0.6) is 0 Å². The van der Waals surface area contributed by atoms with Gasteiger partial charge in [0.25, 0.3) is 5.91 Å². The van der Waals surface area contributed by atoms with Crippen LogP contribution < -0.4 is 5.32 Å². The third-order valence-corrected chi connectivity index (χ3v) is 6.92. The Morgan fingerprint density at radius 3 is 2.40 bits per heavy atom.